The second-order valence-electron chi connectivity index (χ2n) is 6.56. The van der Waals surface area contributed by atoms with Gasteiger partial charge in [0.1, 0.15) is 0 Å². The lowest BCUT2D eigenvalue weighted by molar-refractivity contribution is 0.0526. The lowest BCUT2D eigenvalue weighted by Crippen LogP contribution is -2.05. The summed E-state index contributed by atoms with van der Waals surface area (Å²) in [6.07, 6.45) is 5.63. The Morgan fingerprint density at radius 2 is 1.81 bits per heavy atom. The molecule has 0 saturated heterocycles. The first-order valence-corrected chi connectivity index (χ1v) is 9.75. The molecule has 1 N–H and O–H groups in total. The van der Waals surface area contributed by atoms with E-state index in [1.807, 2.05) is 19.1 Å². The van der Waals surface area contributed by atoms with Gasteiger partial charge in [-0.25, -0.2) is 4.79 Å². The van der Waals surface area contributed by atoms with E-state index < -0.39 is 0 Å². The molecule has 2 aromatic carbocycles. The highest BCUT2D eigenvalue weighted by Gasteiger charge is 2.05. The maximum absolute atomic E-state index is 11.6. The van der Waals surface area contributed by atoms with Crippen LogP contribution in [0.25, 0.3) is 0 Å². The van der Waals surface area contributed by atoms with E-state index in [2.05, 4.69) is 48.3 Å². The maximum atomic E-state index is 11.6. The fraction of sp³-hybridized carbons (Fsp3) is 0.375. The summed E-state index contributed by atoms with van der Waals surface area (Å²) in [5.74, 6) is 6.23. The molecule has 0 radical (unpaired) electrons. The van der Waals surface area contributed by atoms with Crippen molar-refractivity contribution in [1.29, 1.82) is 0 Å². The Kier molecular flexibility index (Phi) is 9.00. The summed E-state index contributed by atoms with van der Waals surface area (Å²) in [6, 6.07) is 15.8. The lowest BCUT2D eigenvalue weighted by Gasteiger charge is -2.07. The van der Waals surface area contributed by atoms with Crippen LogP contribution in [-0.2, 0) is 4.74 Å². The van der Waals surface area contributed by atoms with Crippen LogP contribution in [0.1, 0.15) is 60.5 Å². The molecule has 0 aromatic heterocycles. The molecule has 0 atom stereocenters. The Morgan fingerprint density at radius 1 is 1.04 bits per heavy atom. The van der Waals surface area contributed by atoms with Crippen LogP contribution in [0.2, 0.25) is 0 Å². The standard InChI is InChI=1S/C24H29NO2/c1-3-27-24(26)22-14-16-23(17-15-22)25-18-9-7-5-4-6-8-12-21-13-10-11-20(2)19-21/h10-11,13-17,19,25H,3-7,9,18H2,1-2H3. The van der Waals surface area contributed by atoms with E-state index in [0.717, 1.165) is 37.1 Å². The van der Waals surface area contributed by atoms with Crippen molar-refractivity contribution in [3.05, 3.63) is 65.2 Å². The highest BCUT2D eigenvalue weighted by Crippen LogP contribution is 2.11. The van der Waals surface area contributed by atoms with Crippen molar-refractivity contribution >= 4 is 11.7 Å². The number of hydrogen-bond donors (Lipinski definition) is 1. The summed E-state index contributed by atoms with van der Waals surface area (Å²) in [6.45, 7) is 5.24. The number of anilines is 1. The first-order chi connectivity index (χ1) is 13.2. The predicted octanol–water partition coefficient (Wildman–Crippen LogP) is 5.59. The molecule has 0 spiro atoms. The summed E-state index contributed by atoms with van der Waals surface area (Å²) in [7, 11) is 0. The zero-order valence-corrected chi connectivity index (χ0v) is 16.4. The Morgan fingerprint density at radius 3 is 2.56 bits per heavy atom. The quantitative estimate of drug-likeness (QED) is 0.359. The molecule has 2 aromatic rings. The van der Waals surface area contributed by atoms with Crippen molar-refractivity contribution in [3.8, 4) is 11.8 Å². The van der Waals surface area contributed by atoms with E-state index in [1.165, 1.54) is 18.4 Å². The van der Waals surface area contributed by atoms with Gasteiger partial charge in [-0.1, -0.05) is 36.8 Å². The summed E-state index contributed by atoms with van der Waals surface area (Å²) in [5.41, 5.74) is 3.99. The van der Waals surface area contributed by atoms with Gasteiger partial charge in [-0.2, -0.15) is 0 Å². The molecule has 3 nitrogen and oxygen atoms in total. The molecule has 142 valence electrons. The molecule has 0 aliphatic heterocycles. The van der Waals surface area contributed by atoms with Crippen LogP contribution in [0.4, 0.5) is 5.69 Å². The number of nitrogens with one attached hydrogen (secondary N) is 1. The number of carbonyl (C=O) groups is 1. The van der Waals surface area contributed by atoms with Gasteiger partial charge in [-0.15, -0.1) is 0 Å². The smallest absolute Gasteiger partial charge is 0.338 e. The first-order valence-electron chi connectivity index (χ1n) is 9.75. The van der Waals surface area contributed by atoms with Gasteiger partial charge in [-0.05, 0) is 68.7 Å². The van der Waals surface area contributed by atoms with Gasteiger partial charge in [0.15, 0.2) is 0 Å². The number of aryl methyl sites for hydroxylation is 1. The molecular weight excluding hydrogens is 334 g/mol. The number of carbonyl (C=O) groups excluding carboxylic acids is 1. The van der Waals surface area contributed by atoms with E-state index in [4.69, 9.17) is 4.74 Å². The van der Waals surface area contributed by atoms with Crippen LogP contribution < -0.4 is 5.32 Å². The van der Waals surface area contributed by atoms with Crippen LogP contribution in [0, 0.1) is 18.8 Å². The van der Waals surface area contributed by atoms with E-state index in [9.17, 15) is 4.79 Å². The van der Waals surface area contributed by atoms with Gasteiger partial charge in [0.2, 0.25) is 0 Å². The van der Waals surface area contributed by atoms with E-state index in [0.29, 0.717) is 12.2 Å². The third-order valence-electron chi connectivity index (χ3n) is 4.20. The molecule has 0 saturated carbocycles. The molecule has 0 bridgehead atoms. The average molecular weight is 364 g/mol. The second-order valence-corrected chi connectivity index (χ2v) is 6.56. The third kappa shape index (κ3) is 8.00. The zero-order valence-electron chi connectivity index (χ0n) is 16.4. The van der Waals surface area contributed by atoms with E-state index >= 15 is 0 Å². The zero-order chi connectivity index (χ0) is 19.3. The molecule has 27 heavy (non-hydrogen) atoms. The van der Waals surface area contributed by atoms with Crippen molar-refractivity contribution in [2.24, 2.45) is 0 Å². The molecule has 0 amide bonds. The third-order valence-corrected chi connectivity index (χ3v) is 4.20. The number of ether oxygens (including phenoxy) is 1. The van der Waals surface area contributed by atoms with Crippen LogP contribution in [-0.4, -0.2) is 19.1 Å². The lowest BCUT2D eigenvalue weighted by atomic mass is 10.1. The molecule has 0 heterocycles. The monoisotopic (exact) mass is 363 g/mol. The fourth-order valence-electron chi connectivity index (χ4n) is 2.75. The Bertz CT molecular complexity index is 769. The van der Waals surface area contributed by atoms with Crippen molar-refractivity contribution < 1.29 is 9.53 Å². The largest absolute Gasteiger partial charge is 0.462 e. The van der Waals surface area contributed by atoms with Crippen molar-refractivity contribution in [3.63, 3.8) is 0 Å². The molecule has 0 aliphatic rings. The number of unbranched alkanes of at least 4 members (excludes halogenated alkanes) is 4. The fourth-order valence-corrected chi connectivity index (χ4v) is 2.75. The highest BCUT2D eigenvalue weighted by atomic mass is 16.5. The molecule has 0 fully saturated rings. The van der Waals surface area contributed by atoms with Crippen LogP contribution >= 0.6 is 0 Å². The number of hydrogen-bond acceptors (Lipinski definition) is 3. The van der Waals surface area contributed by atoms with Gasteiger partial charge < -0.3 is 10.1 Å². The minimum atomic E-state index is -0.269. The Labute approximate surface area is 163 Å². The summed E-state index contributed by atoms with van der Waals surface area (Å²) in [5, 5.41) is 3.39. The van der Waals surface area contributed by atoms with Crippen molar-refractivity contribution in [1.82, 2.24) is 0 Å². The highest BCUT2D eigenvalue weighted by molar-refractivity contribution is 5.89. The predicted molar refractivity (Wildman–Crippen MR) is 112 cm³/mol. The minimum Gasteiger partial charge on any atom is -0.462 e. The van der Waals surface area contributed by atoms with Crippen LogP contribution in [0.15, 0.2) is 48.5 Å². The van der Waals surface area contributed by atoms with Gasteiger partial charge in [0.25, 0.3) is 0 Å². The average Bonchev–Trinajstić information content (AvgIpc) is 2.67. The van der Waals surface area contributed by atoms with E-state index in [-0.39, 0.29) is 5.97 Å². The number of rotatable bonds is 9. The van der Waals surface area contributed by atoms with Crippen LogP contribution in [0.3, 0.4) is 0 Å². The van der Waals surface area contributed by atoms with Gasteiger partial charge >= 0.3 is 5.97 Å². The molecule has 0 aliphatic carbocycles. The summed E-state index contributed by atoms with van der Waals surface area (Å²) >= 11 is 0. The number of benzene rings is 2. The maximum Gasteiger partial charge on any atom is 0.338 e. The van der Waals surface area contributed by atoms with Crippen molar-refractivity contribution in [2.45, 2.75) is 46.0 Å². The molecule has 0 unspecified atom stereocenters. The molecule has 2 rings (SSSR count). The SMILES string of the molecule is CCOC(=O)c1ccc(NCCCCCCC#Cc2cccc(C)c2)cc1. The first kappa shape index (κ1) is 20.6. The molecule has 3 heteroatoms. The van der Waals surface area contributed by atoms with E-state index in [1.54, 1.807) is 12.1 Å². The Balaban J connectivity index is 1.55. The topological polar surface area (TPSA) is 38.3 Å². The van der Waals surface area contributed by atoms with Gasteiger partial charge in [0, 0.05) is 24.2 Å². The number of esters is 1. The van der Waals surface area contributed by atoms with Crippen molar-refractivity contribution in [2.75, 3.05) is 18.5 Å². The van der Waals surface area contributed by atoms with Gasteiger partial charge in [0.05, 0.1) is 12.2 Å². The normalized spacial score (nSPS) is 10.0. The Hall–Kier alpha value is -2.73. The summed E-state index contributed by atoms with van der Waals surface area (Å²) < 4.78 is 4.98. The second kappa shape index (κ2) is 11.8. The minimum absolute atomic E-state index is 0.269. The summed E-state index contributed by atoms with van der Waals surface area (Å²) in [4.78, 5) is 11.6. The van der Waals surface area contributed by atoms with Gasteiger partial charge in [-0.3, -0.25) is 0 Å². The molecular formula is C24H29NO2. The van der Waals surface area contributed by atoms with Crippen LogP contribution in [0.5, 0.6) is 0 Å².